The maximum absolute atomic E-state index is 5.51. The van der Waals surface area contributed by atoms with Gasteiger partial charge in [-0.05, 0) is 12.8 Å². The van der Waals surface area contributed by atoms with E-state index in [1.165, 1.54) is 0 Å². The van der Waals surface area contributed by atoms with Crippen molar-refractivity contribution in [1.82, 2.24) is 0 Å². The van der Waals surface area contributed by atoms with Gasteiger partial charge in [-0.25, -0.2) is 0 Å². The molecule has 0 radical (unpaired) electrons. The summed E-state index contributed by atoms with van der Waals surface area (Å²) in [7, 11) is 0. The fourth-order valence-corrected chi connectivity index (χ4v) is 1.86. The van der Waals surface area contributed by atoms with Gasteiger partial charge in [0.1, 0.15) is 23.0 Å². The van der Waals surface area contributed by atoms with Crippen LogP contribution in [0, 0.1) is 0 Å². The van der Waals surface area contributed by atoms with Crippen molar-refractivity contribution < 1.29 is 7.80 Å². The summed E-state index contributed by atoms with van der Waals surface area (Å²) in [6.07, 6.45) is 5.92. The molecule has 1 atom stereocenters. The quantitative estimate of drug-likeness (QED) is 0.576. The first-order chi connectivity index (χ1) is 5.33. The fourth-order valence-electron chi connectivity index (χ4n) is 1.29. The molecule has 1 heterocycles. The first-order valence-electron chi connectivity index (χ1n) is 3.87. The lowest BCUT2D eigenvalue weighted by Gasteiger charge is -2.23. The van der Waals surface area contributed by atoms with Gasteiger partial charge >= 0.3 is 0 Å². The van der Waals surface area contributed by atoms with E-state index in [1.54, 1.807) is 0 Å². The minimum Gasteiger partial charge on any atom is -0.349 e. The van der Waals surface area contributed by atoms with Gasteiger partial charge in [-0.1, -0.05) is 6.08 Å². The topological polar surface area (TPSA) is 18.5 Å². The molecular formula is C8H13IO2. The van der Waals surface area contributed by atoms with E-state index in [-0.39, 0.29) is 5.79 Å². The Balaban J connectivity index is 2.38. The average molecular weight is 268 g/mol. The van der Waals surface area contributed by atoms with E-state index in [1.807, 2.05) is 29.1 Å². The van der Waals surface area contributed by atoms with Gasteiger partial charge in [0, 0.05) is 12.8 Å². The smallest absolute Gasteiger partial charge is 0.179 e. The summed E-state index contributed by atoms with van der Waals surface area (Å²) in [5.74, 6) is -0.297. The summed E-state index contributed by atoms with van der Waals surface area (Å²) < 4.78 is 10.8. The summed E-state index contributed by atoms with van der Waals surface area (Å²) in [6.45, 7) is 4.51. The van der Waals surface area contributed by atoms with Crippen LogP contribution >= 0.6 is 23.0 Å². The van der Waals surface area contributed by atoms with Crippen molar-refractivity contribution >= 4 is 23.0 Å². The zero-order valence-electron chi connectivity index (χ0n) is 6.51. The Kier molecular flexibility index (Phi) is 3.81. The van der Waals surface area contributed by atoms with Gasteiger partial charge in [0.05, 0.1) is 6.61 Å². The first kappa shape index (κ1) is 9.48. The zero-order chi connectivity index (χ0) is 8.16. The molecule has 1 fully saturated rings. The fraction of sp³-hybridized carbons (Fsp3) is 0.750. The lowest BCUT2D eigenvalue weighted by Crippen LogP contribution is -2.27. The van der Waals surface area contributed by atoms with E-state index in [2.05, 4.69) is 6.58 Å². The highest BCUT2D eigenvalue weighted by Crippen LogP contribution is 2.33. The van der Waals surface area contributed by atoms with Crippen molar-refractivity contribution in [2.24, 2.45) is 0 Å². The first-order valence-corrected chi connectivity index (χ1v) is 4.76. The van der Waals surface area contributed by atoms with E-state index >= 15 is 0 Å². The zero-order valence-corrected chi connectivity index (χ0v) is 8.67. The highest BCUT2D eigenvalue weighted by molar-refractivity contribution is 14.1. The minimum atomic E-state index is -0.297. The van der Waals surface area contributed by atoms with Gasteiger partial charge in [0.2, 0.25) is 0 Å². The Morgan fingerprint density at radius 1 is 1.73 bits per heavy atom. The molecule has 0 N–H and O–H groups in total. The Morgan fingerprint density at radius 3 is 3.00 bits per heavy atom. The molecule has 0 aromatic heterocycles. The van der Waals surface area contributed by atoms with Gasteiger partial charge in [0.15, 0.2) is 5.79 Å². The molecule has 1 saturated heterocycles. The maximum Gasteiger partial charge on any atom is 0.179 e. The average Bonchev–Trinajstić information content (AvgIpc) is 2.50. The Bertz CT molecular complexity index is 130. The molecule has 11 heavy (non-hydrogen) atoms. The maximum atomic E-state index is 5.51. The van der Waals surface area contributed by atoms with Crippen LogP contribution in [0.25, 0.3) is 0 Å². The van der Waals surface area contributed by atoms with Gasteiger partial charge in [-0.2, -0.15) is 0 Å². The number of allylic oxidation sites excluding steroid dienone is 1. The number of hydrogen-bond donors (Lipinski definition) is 0. The molecule has 0 aromatic rings. The third-order valence-corrected chi connectivity index (χ3v) is 2.74. The monoisotopic (exact) mass is 268 g/mol. The van der Waals surface area contributed by atoms with Crippen molar-refractivity contribution in [3.8, 4) is 0 Å². The van der Waals surface area contributed by atoms with Crippen LogP contribution in [0.2, 0.25) is 0 Å². The third-order valence-electron chi connectivity index (χ3n) is 1.94. The number of rotatable bonds is 4. The summed E-state index contributed by atoms with van der Waals surface area (Å²) >= 11 is 1.92. The second-order valence-corrected chi connectivity index (χ2v) is 3.21. The molecule has 3 heteroatoms. The second kappa shape index (κ2) is 4.42. The van der Waals surface area contributed by atoms with Crippen molar-refractivity contribution in [3.05, 3.63) is 12.7 Å². The van der Waals surface area contributed by atoms with Crippen LogP contribution in [0.4, 0.5) is 0 Å². The lowest BCUT2D eigenvalue weighted by atomic mass is 10.1. The molecule has 0 saturated carbocycles. The van der Waals surface area contributed by atoms with Crippen LogP contribution in [0.1, 0.15) is 25.7 Å². The standard InChI is InChI=1S/C8H13IO2/c1-2-3-5-8(11-9)6-4-7-10-8/h2H,1,3-7H2. The van der Waals surface area contributed by atoms with Gasteiger partial charge in [0.25, 0.3) is 0 Å². The number of halogens is 1. The molecule has 1 aliphatic heterocycles. The third kappa shape index (κ3) is 2.42. The van der Waals surface area contributed by atoms with E-state index in [0.717, 1.165) is 32.3 Å². The summed E-state index contributed by atoms with van der Waals surface area (Å²) in [6, 6.07) is 0. The molecule has 2 nitrogen and oxygen atoms in total. The van der Waals surface area contributed by atoms with Gasteiger partial charge in [-0.3, -0.25) is 3.07 Å². The number of ether oxygens (including phenoxy) is 1. The minimum absolute atomic E-state index is 0.297. The van der Waals surface area contributed by atoms with Gasteiger partial charge < -0.3 is 4.74 Å². The predicted octanol–water partition coefficient (Wildman–Crippen LogP) is 2.83. The van der Waals surface area contributed by atoms with E-state index in [9.17, 15) is 0 Å². The summed E-state index contributed by atoms with van der Waals surface area (Å²) in [5.41, 5.74) is 0. The van der Waals surface area contributed by atoms with Crippen LogP contribution in [0.5, 0.6) is 0 Å². The Hall–Kier alpha value is 0.390. The SMILES string of the molecule is C=CCCC1(OI)CCCO1. The molecule has 1 rings (SSSR count). The van der Waals surface area contributed by atoms with Crippen molar-refractivity contribution in [2.75, 3.05) is 6.61 Å². The lowest BCUT2D eigenvalue weighted by molar-refractivity contribution is -0.128. The van der Waals surface area contributed by atoms with Crippen molar-refractivity contribution in [1.29, 1.82) is 0 Å². The summed E-state index contributed by atoms with van der Waals surface area (Å²) in [4.78, 5) is 0. The van der Waals surface area contributed by atoms with Crippen molar-refractivity contribution in [2.45, 2.75) is 31.5 Å². The van der Waals surface area contributed by atoms with Crippen LogP contribution in [-0.2, 0) is 7.80 Å². The second-order valence-electron chi connectivity index (χ2n) is 2.77. The number of hydrogen-bond acceptors (Lipinski definition) is 2. The Labute approximate surface area is 81.6 Å². The van der Waals surface area contributed by atoms with Crippen LogP contribution < -0.4 is 0 Å². The van der Waals surface area contributed by atoms with E-state index in [4.69, 9.17) is 7.80 Å². The van der Waals surface area contributed by atoms with E-state index < -0.39 is 0 Å². The van der Waals surface area contributed by atoms with Crippen LogP contribution in [0.3, 0.4) is 0 Å². The highest BCUT2D eigenvalue weighted by Gasteiger charge is 2.34. The molecule has 0 bridgehead atoms. The van der Waals surface area contributed by atoms with Crippen LogP contribution in [0.15, 0.2) is 12.7 Å². The molecule has 0 amide bonds. The van der Waals surface area contributed by atoms with Gasteiger partial charge in [-0.15, -0.1) is 6.58 Å². The molecule has 0 spiro atoms. The molecule has 64 valence electrons. The Morgan fingerprint density at radius 2 is 2.55 bits per heavy atom. The predicted molar refractivity (Wildman–Crippen MR) is 52.5 cm³/mol. The molecule has 0 aliphatic carbocycles. The largest absolute Gasteiger partial charge is 0.349 e. The highest BCUT2D eigenvalue weighted by atomic mass is 127. The molecule has 0 aromatic carbocycles. The van der Waals surface area contributed by atoms with Crippen LogP contribution in [-0.4, -0.2) is 12.4 Å². The normalized spacial score (nSPS) is 30.6. The van der Waals surface area contributed by atoms with E-state index in [0.29, 0.717) is 0 Å². The summed E-state index contributed by atoms with van der Waals surface area (Å²) in [5, 5.41) is 0. The molecule has 1 unspecified atom stereocenters. The molecule has 1 aliphatic rings. The van der Waals surface area contributed by atoms with Crippen molar-refractivity contribution in [3.63, 3.8) is 0 Å². The molecular weight excluding hydrogens is 255 g/mol.